The highest BCUT2D eigenvalue weighted by molar-refractivity contribution is 7.17. The van der Waals surface area contributed by atoms with E-state index >= 15 is 0 Å². The smallest absolute Gasteiger partial charge is 0.302 e. The number of aliphatic imine (C=N–C) groups is 2. The van der Waals surface area contributed by atoms with Crippen LogP contribution in [0.1, 0.15) is 113 Å². The Bertz CT molecular complexity index is 2870. The van der Waals surface area contributed by atoms with Gasteiger partial charge < -0.3 is 20.1 Å². The van der Waals surface area contributed by atoms with Gasteiger partial charge in [0.2, 0.25) is 5.91 Å². The summed E-state index contributed by atoms with van der Waals surface area (Å²) in [4.78, 5) is 46.0. The van der Waals surface area contributed by atoms with Crippen LogP contribution in [0.5, 0.6) is 0 Å². The van der Waals surface area contributed by atoms with Gasteiger partial charge in [-0.15, -0.1) is 43.1 Å². The number of nitrogens with zero attached hydrogens (tertiary/aromatic N) is 8. The predicted octanol–water partition coefficient (Wildman–Crippen LogP) is 9.32. The number of methoxy groups -OCH3 is 1. The van der Waals surface area contributed by atoms with Crippen LogP contribution in [-0.2, 0) is 32.2 Å². The van der Waals surface area contributed by atoms with Crippen LogP contribution >= 0.6 is 45.9 Å². The second kappa shape index (κ2) is 21.8. The maximum Gasteiger partial charge on any atom is 0.302 e. The van der Waals surface area contributed by atoms with E-state index < -0.39 is 0 Å². The molecule has 2 amide bonds. The molecule has 0 saturated carbocycles. The number of benzene rings is 2. The van der Waals surface area contributed by atoms with E-state index in [1.165, 1.54) is 48.3 Å². The quantitative estimate of drug-likeness (QED) is 0.120. The predicted molar refractivity (Wildman–Crippen MR) is 271 cm³/mol. The van der Waals surface area contributed by atoms with Crippen molar-refractivity contribution in [3.8, 4) is 10.0 Å². The number of rotatable bonds is 11. The molecule has 2 aliphatic rings. The Morgan fingerprint density at radius 3 is 1.53 bits per heavy atom. The van der Waals surface area contributed by atoms with Gasteiger partial charge in [-0.05, 0) is 70.0 Å². The first-order valence-electron chi connectivity index (χ1n) is 21.9. The molecule has 0 aliphatic carbocycles. The Morgan fingerprint density at radius 1 is 0.662 bits per heavy atom. The Hall–Kier alpha value is -5.59. The van der Waals surface area contributed by atoms with Gasteiger partial charge >= 0.3 is 5.97 Å². The van der Waals surface area contributed by atoms with Gasteiger partial charge in [-0.2, -0.15) is 0 Å². The molecule has 8 rings (SSSR count). The molecule has 360 valence electrons. The van der Waals surface area contributed by atoms with Crippen molar-refractivity contribution in [1.29, 1.82) is 0 Å². The molecule has 19 heteroatoms. The van der Waals surface area contributed by atoms with Gasteiger partial charge in [0, 0.05) is 74.9 Å². The van der Waals surface area contributed by atoms with Crippen LogP contribution in [0.25, 0.3) is 10.0 Å². The minimum absolute atomic E-state index is 0.0560. The van der Waals surface area contributed by atoms with E-state index in [4.69, 9.17) is 37.9 Å². The lowest BCUT2D eigenvalue weighted by molar-refractivity contribution is -0.138. The van der Waals surface area contributed by atoms with Crippen molar-refractivity contribution in [1.82, 2.24) is 40.2 Å². The zero-order valence-corrected chi connectivity index (χ0v) is 43.7. The number of esters is 1. The molecule has 0 fully saturated rings. The van der Waals surface area contributed by atoms with Crippen LogP contribution in [0.3, 0.4) is 0 Å². The molecule has 2 aromatic carbocycles. The summed E-state index contributed by atoms with van der Waals surface area (Å²) < 4.78 is 14.2. The number of hydrogen-bond acceptors (Lipinski definition) is 13. The molecule has 2 aliphatic heterocycles. The maximum atomic E-state index is 13.5. The van der Waals surface area contributed by atoms with Crippen molar-refractivity contribution >= 4 is 75.1 Å². The lowest BCUT2D eigenvalue weighted by Crippen LogP contribution is -2.39. The fourth-order valence-corrected chi connectivity index (χ4v) is 10.1. The molecular weight excluding hydrogens is 944 g/mol. The molecule has 68 heavy (non-hydrogen) atoms. The highest BCUT2D eigenvalue weighted by atomic mass is 35.5. The third-order valence-electron chi connectivity index (χ3n) is 11.2. The van der Waals surface area contributed by atoms with Crippen molar-refractivity contribution in [3.05, 3.63) is 125 Å². The van der Waals surface area contributed by atoms with Gasteiger partial charge in [0.15, 0.2) is 11.6 Å². The lowest BCUT2D eigenvalue weighted by atomic mass is 9.93. The van der Waals surface area contributed by atoms with Crippen LogP contribution in [-0.4, -0.2) is 92.1 Å². The molecule has 15 nitrogen and oxygen atoms in total. The summed E-state index contributed by atoms with van der Waals surface area (Å²) >= 11 is 15.4. The van der Waals surface area contributed by atoms with E-state index in [2.05, 4.69) is 68.0 Å². The third-order valence-corrected chi connectivity index (χ3v) is 14.1. The van der Waals surface area contributed by atoms with Gasteiger partial charge in [-0.1, -0.05) is 75.2 Å². The zero-order valence-electron chi connectivity index (χ0n) is 40.6. The monoisotopic (exact) mass is 1000 g/mol. The largest absolute Gasteiger partial charge is 0.469 e. The van der Waals surface area contributed by atoms with Crippen molar-refractivity contribution in [2.45, 2.75) is 89.3 Å². The first-order valence-corrected chi connectivity index (χ1v) is 24.3. The van der Waals surface area contributed by atoms with Crippen molar-refractivity contribution < 1.29 is 23.9 Å². The Morgan fingerprint density at radius 2 is 1.09 bits per heavy atom. The first-order chi connectivity index (χ1) is 32.1. The Kier molecular flexibility index (Phi) is 16.6. The van der Waals surface area contributed by atoms with E-state index in [0.29, 0.717) is 49.3 Å². The van der Waals surface area contributed by atoms with Crippen LogP contribution in [0.4, 0.5) is 0 Å². The lowest BCUT2D eigenvalue weighted by Gasteiger charge is -2.29. The van der Waals surface area contributed by atoms with Gasteiger partial charge in [-0.25, -0.2) is 0 Å². The zero-order chi connectivity index (χ0) is 49.7. The molecule has 6 heterocycles. The number of hydrogen-bond donors (Lipinski definition) is 2. The minimum atomic E-state index is -0.296. The second-order valence-corrected chi connectivity index (χ2v) is 21.2. The molecule has 4 aromatic heterocycles. The topological polar surface area (TPSA) is 180 Å². The van der Waals surface area contributed by atoms with E-state index in [1.807, 2.05) is 87.7 Å². The standard InChI is InChI=1S/C29H37ClN6O3S.C17H15ClN4S.C3H6O2/c1-17-23-24(20-8-10-21(30)11-9-20)31-12-22-35-34-18(2)36(22)27(23)40-25(17)26(38)33-14-29(6,7)16-39-15-28(4,5)13-32-19(3)37;1-9-10(2)23-17-15(9)16(12-4-6-13(18)7-5-12)19-8-14-21-20-11(3)22(14)17;1-3(4)5-2/h8-11H,12-16H2,1-7H3,(H,32,37)(H,33,38);4-7H,8H2,1-3H3;1-2H3. The molecule has 0 unspecified atom stereocenters. The van der Waals surface area contributed by atoms with Crippen LogP contribution in [0.2, 0.25) is 10.0 Å². The molecule has 0 saturated heterocycles. The van der Waals surface area contributed by atoms with E-state index in [9.17, 15) is 14.4 Å². The molecule has 2 N–H and O–H groups in total. The van der Waals surface area contributed by atoms with Crippen LogP contribution < -0.4 is 10.6 Å². The maximum absolute atomic E-state index is 13.5. The molecule has 0 atom stereocenters. The average molecular weight is 1000 g/mol. The van der Waals surface area contributed by atoms with Crippen LogP contribution in [0.15, 0.2) is 58.5 Å². The van der Waals surface area contributed by atoms with E-state index in [-0.39, 0.29) is 28.6 Å². The molecule has 0 bridgehead atoms. The summed E-state index contributed by atoms with van der Waals surface area (Å²) in [5.41, 5.74) is 7.53. The fourth-order valence-electron chi connectivity index (χ4n) is 7.36. The number of nitrogens with one attached hydrogen (secondary N) is 2. The van der Waals surface area contributed by atoms with E-state index in [0.717, 1.165) is 72.0 Å². The fraction of sp³-hybridized carbons (Fsp3) is 0.408. The molecule has 6 aromatic rings. The molecule has 0 radical (unpaired) electrons. The summed E-state index contributed by atoms with van der Waals surface area (Å²) in [7, 11) is 1.35. The van der Waals surface area contributed by atoms with Crippen molar-refractivity contribution in [2.24, 2.45) is 20.8 Å². The number of halogens is 2. The van der Waals surface area contributed by atoms with Gasteiger partial charge in [0.25, 0.3) is 5.91 Å². The number of amides is 2. The van der Waals surface area contributed by atoms with Gasteiger partial charge in [0.05, 0.1) is 36.6 Å². The number of thiophene rings is 2. The summed E-state index contributed by atoms with van der Waals surface area (Å²) in [5.74, 6) is 2.82. The van der Waals surface area contributed by atoms with Gasteiger partial charge in [-0.3, -0.25) is 33.5 Å². The van der Waals surface area contributed by atoms with E-state index in [1.54, 1.807) is 11.3 Å². The number of aryl methyl sites for hydroxylation is 3. The summed E-state index contributed by atoms with van der Waals surface area (Å²) in [6.45, 7) is 24.1. The molecular formula is C49H58Cl2N10O5S2. The SMILES string of the molecule is CC(=O)NCC(C)(C)COCC(C)(C)CNC(=O)c1sc2c(c1C)C(c1ccc(Cl)cc1)=NCc1nnc(C)n1-2.COC(C)=O.Cc1sc2c(c1C)C(c1ccc(Cl)cc1)=NCc1nnc(C)n1-2. The summed E-state index contributed by atoms with van der Waals surface area (Å²) in [6.07, 6.45) is 0. The van der Waals surface area contributed by atoms with Crippen molar-refractivity contribution in [3.63, 3.8) is 0 Å². The van der Waals surface area contributed by atoms with Gasteiger partial charge in [0.1, 0.15) is 34.7 Å². The van der Waals surface area contributed by atoms with Crippen LogP contribution in [0, 0.1) is 45.4 Å². The Labute approximate surface area is 415 Å². The highest BCUT2D eigenvalue weighted by Gasteiger charge is 2.31. The highest BCUT2D eigenvalue weighted by Crippen LogP contribution is 2.38. The number of ether oxygens (including phenoxy) is 2. The normalized spacial score (nSPS) is 12.8. The third kappa shape index (κ3) is 12.2. The average Bonchev–Trinajstić information content (AvgIpc) is 3.97. The second-order valence-electron chi connectivity index (χ2n) is 18.2. The summed E-state index contributed by atoms with van der Waals surface area (Å²) in [5, 5.41) is 26.5. The minimum Gasteiger partial charge on any atom is -0.469 e. The first kappa shape index (κ1) is 51.8. The number of aromatic nitrogens is 6. The number of carbonyl (C=O) groups excluding carboxylic acids is 3. The summed E-state index contributed by atoms with van der Waals surface area (Å²) in [6, 6.07) is 15.4. The number of fused-ring (bicyclic) bond motifs is 6. The van der Waals surface area contributed by atoms with Crippen molar-refractivity contribution in [2.75, 3.05) is 33.4 Å². The number of carbonyl (C=O) groups is 3. The Balaban J connectivity index is 0.000000227. The molecule has 0 spiro atoms.